The lowest BCUT2D eigenvalue weighted by Gasteiger charge is -2.00. The van der Waals surface area contributed by atoms with E-state index in [4.69, 9.17) is 11.6 Å². The Labute approximate surface area is 87.8 Å². The molecule has 0 aliphatic carbocycles. The van der Waals surface area contributed by atoms with Crippen molar-refractivity contribution >= 4 is 23.1 Å². The lowest BCUT2D eigenvalue weighted by Crippen LogP contribution is -2.13. The number of nitrogens with zero attached hydrogens (tertiary/aromatic N) is 1. The van der Waals surface area contributed by atoms with Crippen LogP contribution in [0.5, 0.6) is 0 Å². The van der Waals surface area contributed by atoms with E-state index in [0.29, 0.717) is 11.4 Å². The van der Waals surface area contributed by atoms with Crippen LogP contribution in [0.1, 0.15) is 12.0 Å². The monoisotopic (exact) mass is 207 g/mol. The summed E-state index contributed by atoms with van der Waals surface area (Å²) >= 11 is 5.78. The molecule has 0 aromatic heterocycles. The SMILES string of the molecule is CN1C=C(c2ccc(Cl)cc2)CC1=O. The van der Waals surface area contributed by atoms with Gasteiger partial charge in [-0.05, 0) is 23.3 Å². The van der Waals surface area contributed by atoms with Gasteiger partial charge in [0.15, 0.2) is 0 Å². The fourth-order valence-corrected chi connectivity index (χ4v) is 1.61. The van der Waals surface area contributed by atoms with Crippen LogP contribution in [-0.2, 0) is 4.79 Å². The maximum Gasteiger partial charge on any atom is 0.230 e. The Morgan fingerprint density at radius 1 is 1.29 bits per heavy atom. The second-order valence-electron chi connectivity index (χ2n) is 3.34. The highest BCUT2D eigenvalue weighted by atomic mass is 35.5. The minimum absolute atomic E-state index is 0.134. The van der Waals surface area contributed by atoms with Crippen molar-refractivity contribution in [3.63, 3.8) is 0 Å². The zero-order valence-corrected chi connectivity index (χ0v) is 8.58. The Morgan fingerprint density at radius 3 is 2.43 bits per heavy atom. The topological polar surface area (TPSA) is 20.3 Å². The van der Waals surface area contributed by atoms with Gasteiger partial charge in [0.05, 0.1) is 6.42 Å². The van der Waals surface area contributed by atoms with Crippen molar-refractivity contribution in [2.24, 2.45) is 0 Å². The molecular weight excluding hydrogens is 198 g/mol. The molecule has 2 nitrogen and oxygen atoms in total. The van der Waals surface area contributed by atoms with E-state index in [0.717, 1.165) is 11.1 Å². The number of hydrogen-bond acceptors (Lipinski definition) is 1. The molecular formula is C11H10ClNO. The summed E-state index contributed by atoms with van der Waals surface area (Å²) in [5.74, 6) is 0.134. The molecule has 0 radical (unpaired) electrons. The van der Waals surface area contributed by atoms with Crippen molar-refractivity contribution in [2.45, 2.75) is 6.42 Å². The molecule has 0 saturated carbocycles. The third-order valence-electron chi connectivity index (χ3n) is 2.30. The highest BCUT2D eigenvalue weighted by molar-refractivity contribution is 6.30. The molecule has 1 aliphatic heterocycles. The highest BCUT2D eigenvalue weighted by Crippen LogP contribution is 2.25. The second kappa shape index (κ2) is 3.46. The smallest absolute Gasteiger partial charge is 0.230 e. The number of benzene rings is 1. The fourth-order valence-electron chi connectivity index (χ4n) is 1.48. The van der Waals surface area contributed by atoms with Crippen LogP contribution in [0.3, 0.4) is 0 Å². The number of amides is 1. The van der Waals surface area contributed by atoms with Crippen molar-refractivity contribution < 1.29 is 4.79 Å². The molecule has 0 N–H and O–H groups in total. The Kier molecular flexibility index (Phi) is 2.30. The van der Waals surface area contributed by atoms with Gasteiger partial charge in [0, 0.05) is 18.3 Å². The van der Waals surface area contributed by atoms with Crippen LogP contribution in [0, 0.1) is 0 Å². The molecule has 2 rings (SSSR count). The molecule has 1 aromatic rings. The van der Waals surface area contributed by atoms with E-state index >= 15 is 0 Å². The molecule has 3 heteroatoms. The first-order valence-corrected chi connectivity index (χ1v) is 4.77. The maximum atomic E-state index is 11.3. The van der Waals surface area contributed by atoms with E-state index in [-0.39, 0.29) is 5.91 Å². The van der Waals surface area contributed by atoms with Gasteiger partial charge in [0.1, 0.15) is 0 Å². The summed E-state index contributed by atoms with van der Waals surface area (Å²) in [4.78, 5) is 12.9. The summed E-state index contributed by atoms with van der Waals surface area (Å²) in [5.41, 5.74) is 2.11. The lowest BCUT2D eigenvalue weighted by atomic mass is 10.1. The van der Waals surface area contributed by atoms with E-state index in [2.05, 4.69) is 0 Å². The zero-order chi connectivity index (χ0) is 10.1. The molecule has 72 valence electrons. The lowest BCUT2D eigenvalue weighted by molar-refractivity contribution is -0.125. The van der Waals surface area contributed by atoms with E-state index in [9.17, 15) is 4.79 Å². The van der Waals surface area contributed by atoms with Crippen molar-refractivity contribution in [3.05, 3.63) is 41.1 Å². The average Bonchev–Trinajstić information content (AvgIpc) is 2.48. The number of hydrogen-bond donors (Lipinski definition) is 0. The Balaban J connectivity index is 2.29. The third kappa shape index (κ3) is 1.66. The van der Waals surface area contributed by atoms with E-state index < -0.39 is 0 Å². The van der Waals surface area contributed by atoms with Crippen LogP contribution >= 0.6 is 11.6 Å². The van der Waals surface area contributed by atoms with Gasteiger partial charge < -0.3 is 4.90 Å². The number of carbonyl (C=O) groups excluding carboxylic acids is 1. The zero-order valence-electron chi connectivity index (χ0n) is 7.83. The largest absolute Gasteiger partial charge is 0.322 e. The Morgan fingerprint density at radius 2 is 1.93 bits per heavy atom. The third-order valence-corrected chi connectivity index (χ3v) is 2.55. The summed E-state index contributed by atoms with van der Waals surface area (Å²) in [6.45, 7) is 0. The molecule has 0 unspecified atom stereocenters. The Hall–Kier alpha value is -1.28. The molecule has 0 spiro atoms. The summed E-state index contributed by atoms with van der Waals surface area (Å²) in [7, 11) is 1.77. The van der Waals surface area contributed by atoms with Gasteiger partial charge in [-0.15, -0.1) is 0 Å². The fraction of sp³-hybridized carbons (Fsp3) is 0.182. The summed E-state index contributed by atoms with van der Waals surface area (Å²) in [6, 6.07) is 7.53. The first-order valence-electron chi connectivity index (χ1n) is 4.39. The molecule has 14 heavy (non-hydrogen) atoms. The molecule has 0 atom stereocenters. The van der Waals surface area contributed by atoms with Gasteiger partial charge in [-0.1, -0.05) is 23.7 Å². The van der Waals surface area contributed by atoms with Crippen molar-refractivity contribution in [2.75, 3.05) is 7.05 Å². The minimum Gasteiger partial charge on any atom is -0.322 e. The summed E-state index contributed by atoms with van der Waals surface area (Å²) in [5, 5.41) is 0.715. The van der Waals surface area contributed by atoms with Crippen molar-refractivity contribution in [3.8, 4) is 0 Å². The molecule has 1 aliphatic rings. The number of carbonyl (C=O) groups is 1. The van der Waals surface area contributed by atoms with Gasteiger partial charge in [-0.25, -0.2) is 0 Å². The van der Waals surface area contributed by atoms with Crippen LogP contribution in [0.4, 0.5) is 0 Å². The highest BCUT2D eigenvalue weighted by Gasteiger charge is 2.18. The summed E-state index contributed by atoms with van der Waals surface area (Å²) < 4.78 is 0. The molecule has 1 aromatic carbocycles. The maximum absolute atomic E-state index is 11.3. The predicted molar refractivity (Wildman–Crippen MR) is 56.8 cm³/mol. The van der Waals surface area contributed by atoms with E-state index in [1.54, 1.807) is 11.9 Å². The van der Waals surface area contributed by atoms with Gasteiger partial charge in [0.2, 0.25) is 5.91 Å². The molecule has 0 fully saturated rings. The minimum atomic E-state index is 0.134. The average molecular weight is 208 g/mol. The standard InChI is InChI=1S/C11H10ClNO/c1-13-7-9(6-11(13)14)8-2-4-10(12)5-3-8/h2-5,7H,6H2,1H3. The van der Waals surface area contributed by atoms with Crippen LogP contribution < -0.4 is 0 Å². The Bertz CT molecular complexity index is 394. The van der Waals surface area contributed by atoms with E-state index in [1.807, 2.05) is 30.5 Å². The molecule has 1 heterocycles. The van der Waals surface area contributed by atoms with Crippen LogP contribution in [0.15, 0.2) is 30.5 Å². The van der Waals surface area contributed by atoms with E-state index in [1.165, 1.54) is 0 Å². The predicted octanol–water partition coefficient (Wildman–Crippen LogP) is 2.54. The van der Waals surface area contributed by atoms with Crippen molar-refractivity contribution in [1.82, 2.24) is 4.90 Å². The van der Waals surface area contributed by atoms with Crippen molar-refractivity contribution in [1.29, 1.82) is 0 Å². The van der Waals surface area contributed by atoms with Crippen LogP contribution in [-0.4, -0.2) is 17.9 Å². The van der Waals surface area contributed by atoms with Crippen LogP contribution in [0.2, 0.25) is 5.02 Å². The van der Waals surface area contributed by atoms with Gasteiger partial charge in [-0.2, -0.15) is 0 Å². The first-order chi connectivity index (χ1) is 6.66. The number of halogens is 1. The van der Waals surface area contributed by atoms with Gasteiger partial charge in [-0.3, -0.25) is 4.79 Å². The first kappa shape index (κ1) is 9.28. The van der Waals surface area contributed by atoms with Crippen LogP contribution in [0.25, 0.3) is 5.57 Å². The second-order valence-corrected chi connectivity index (χ2v) is 3.78. The molecule has 0 saturated heterocycles. The van der Waals surface area contributed by atoms with Gasteiger partial charge in [0.25, 0.3) is 0 Å². The normalized spacial score (nSPS) is 16.0. The molecule has 0 bridgehead atoms. The molecule has 1 amide bonds. The number of rotatable bonds is 1. The van der Waals surface area contributed by atoms with Gasteiger partial charge >= 0.3 is 0 Å². The summed E-state index contributed by atoms with van der Waals surface area (Å²) in [6.07, 6.45) is 2.35. The quantitative estimate of drug-likeness (QED) is 0.693.